The van der Waals surface area contributed by atoms with Gasteiger partial charge in [0.25, 0.3) is 5.91 Å². The van der Waals surface area contributed by atoms with Crippen molar-refractivity contribution < 1.29 is 9.18 Å². The molecule has 0 saturated heterocycles. The molecule has 0 aliphatic heterocycles. The topological polar surface area (TPSA) is 55.1 Å². The summed E-state index contributed by atoms with van der Waals surface area (Å²) in [6.45, 7) is 1.95. The lowest BCUT2D eigenvalue weighted by molar-refractivity contribution is 0.0950. The number of carbonyl (C=O) groups is 1. The standard InChI is InChI=1S/C15H14BrFN2O/c1-9-2-4-12(18)7-13(9)15(20)19-8-10-6-11(16)3-5-14(10)17/h2-7H,8,18H2,1H3,(H,19,20). The Morgan fingerprint density at radius 1 is 1.30 bits per heavy atom. The third-order valence-corrected chi connectivity index (χ3v) is 3.45. The Kier molecular flexibility index (Phi) is 4.39. The maximum Gasteiger partial charge on any atom is 0.251 e. The van der Waals surface area contributed by atoms with Crippen LogP contribution in [-0.2, 0) is 6.54 Å². The lowest BCUT2D eigenvalue weighted by Crippen LogP contribution is -2.24. The molecule has 0 heterocycles. The Bertz CT molecular complexity index is 658. The monoisotopic (exact) mass is 336 g/mol. The summed E-state index contributed by atoms with van der Waals surface area (Å²) in [6.07, 6.45) is 0. The van der Waals surface area contributed by atoms with E-state index in [2.05, 4.69) is 21.2 Å². The van der Waals surface area contributed by atoms with Crippen molar-refractivity contribution in [2.24, 2.45) is 0 Å². The molecular weight excluding hydrogens is 323 g/mol. The highest BCUT2D eigenvalue weighted by Crippen LogP contribution is 2.16. The van der Waals surface area contributed by atoms with Gasteiger partial charge in [0.15, 0.2) is 0 Å². The summed E-state index contributed by atoms with van der Waals surface area (Å²) < 4.78 is 14.3. The molecule has 0 spiro atoms. The fourth-order valence-electron chi connectivity index (χ4n) is 1.83. The Balaban J connectivity index is 2.12. The number of amides is 1. The van der Waals surface area contributed by atoms with Crippen LogP contribution in [0.15, 0.2) is 40.9 Å². The molecule has 0 unspecified atom stereocenters. The summed E-state index contributed by atoms with van der Waals surface area (Å²) in [4.78, 5) is 12.1. The quantitative estimate of drug-likeness (QED) is 0.844. The molecule has 0 aromatic heterocycles. The van der Waals surface area contributed by atoms with Gasteiger partial charge in [0.1, 0.15) is 5.82 Å². The number of benzene rings is 2. The van der Waals surface area contributed by atoms with Crippen molar-refractivity contribution in [2.45, 2.75) is 13.5 Å². The molecule has 20 heavy (non-hydrogen) atoms. The molecule has 2 rings (SSSR count). The highest BCUT2D eigenvalue weighted by molar-refractivity contribution is 9.10. The van der Waals surface area contributed by atoms with Gasteiger partial charge in [0.05, 0.1) is 0 Å². The van der Waals surface area contributed by atoms with Crippen LogP contribution in [0, 0.1) is 12.7 Å². The number of nitrogens with one attached hydrogen (secondary N) is 1. The van der Waals surface area contributed by atoms with Crippen LogP contribution < -0.4 is 11.1 Å². The molecule has 5 heteroatoms. The van der Waals surface area contributed by atoms with Crippen molar-refractivity contribution in [1.29, 1.82) is 0 Å². The van der Waals surface area contributed by atoms with Gasteiger partial charge < -0.3 is 11.1 Å². The molecule has 3 N–H and O–H groups in total. The molecular formula is C15H14BrFN2O. The number of nitrogens with two attached hydrogens (primary N) is 1. The van der Waals surface area contributed by atoms with E-state index >= 15 is 0 Å². The summed E-state index contributed by atoms with van der Waals surface area (Å²) in [5, 5.41) is 2.70. The van der Waals surface area contributed by atoms with E-state index < -0.39 is 0 Å². The van der Waals surface area contributed by atoms with E-state index in [-0.39, 0.29) is 18.3 Å². The zero-order valence-corrected chi connectivity index (χ0v) is 12.5. The number of aryl methyl sites for hydroxylation is 1. The highest BCUT2D eigenvalue weighted by Gasteiger charge is 2.10. The highest BCUT2D eigenvalue weighted by atomic mass is 79.9. The van der Waals surface area contributed by atoms with E-state index in [1.165, 1.54) is 6.07 Å². The van der Waals surface area contributed by atoms with Gasteiger partial charge >= 0.3 is 0 Å². The molecule has 104 valence electrons. The normalized spacial score (nSPS) is 10.3. The van der Waals surface area contributed by atoms with Gasteiger partial charge in [-0.25, -0.2) is 4.39 Å². The van der Waals surface area contributed by atoms with Crippen molar-refractivity contribution in [2.75, 3.05) is 5.73 Å². The smallest absolute Gasteiger partial charge is 0.251 e. The van der Waals surface area contributed by atoms with E-state index in [1.807, 2.05) is 6.92 Å². The first-order valence-electron chi connectivity index (χ1n) is 6.05. The van der Waals surface area contributed by atoms with Crippen LogP contribution in [0.3, 0.4) is 0 Å². The lowest BCUT2D eigenvalue weighted by atomic mass is 10.1. The van der Waals surface area contributed by atoms with Crippen molar-refractivity contribution >= 4 is 27.5 Å². The summed E-state index contributed by atoms with van der Waals surface area (Å²) in [5.74, 6) is -0.619. The van der Waals surface area contributed by atoms with Crippen LogP contribution in [0.2, 0.25) is 0 Å². The van der Waals surface area contributed by atoms with Crippen LogP contribution in [0.25, 0.3) is 0 Å². The summed E-state index contributed by atoms with van der Waals surface area (Å²) in [5.41, 5.74) is 7.94. The van der Waals surface area contributed by atoms with E-state index in [4.69, 9.17) is 5.73 Å². The molecule has 0 bridgehead atoms. The second kappa shape index (κ2) is 6.05. The second-order valence-corrected chi connectivity index (χ2v) is 5.41. The fourth-order valence-corrected chi connectivity index (χ4v) is 2.24. The zero-order valence-electron chi connectivity index (χ0n) is 10.9. The van der Waals surface area contributed by atoms with E-state index in [9.17, 15) is 9.18 Å². The Morgan fingerprint density at radius 2 is 2.05 bits per heavy atom. The summed E-state index contributed by atoms with van der Waals surface area (Å²) >= 11 is 3.27. The molecule has 3 nitrogen and oxygen atoms in total. The molecule has 0 aliphatic carbocycles. The number of anilines is 1. The third-order valence-electron chi connectivity index (χ3n) is 2.95. The number of rotatable bonds is 3. The van der Waals surface area contributed by atoms with Crippen LogP contribution >= 0.6 is 15.9 Å². The Morgan fingerprint density at radius 3 is 2.80 bits per heavy atom. The molecule has 2 aromatic carbocycles. The van der Waals surface area contributed by atoms with Crippen molar-refractivity contribution in [1.82, 2.24) is 5.32 Å². The van der Waals surface area contributed by atoms with Crippen LogP contribution in [-0.4, -0.2) is 5.91 Å². The molecule has 1 amide bonds. The van der Waals surface area contributed by atoms with E-state index in [0.717, 1.165) is 10.0 Å². The zero-order chi connectivity index (χ0) is 14.7. The van der Waals surface area contributed by atoms with Crippen molar-refractivity contribution in [3.8, 4) is 0 Å². The van der Waals surface area contributed by atoms with Gasteiger partial charge in [-0.2, -0.15) is 0 Å². The molecule has 0 fully saturated rings. The first kappa shape index (κ1) is 14.5. The number of hydrogen-bond donors (Lipinski definition) is 2. The number of halogens is 2. The van der Waals surface area contributed by atoms with Gasteiger partial charge in [-0.3, -0.25) is 4.79 Å². The Labute approximate surface area is 125 Å². The summed E-state index contributed by atoms with van der Waals surface area (Å²) in [7, 11) is 0. The van der Waals surface area contributed by atoms with Gasteiger partial charge in [-0.05, 0) is 42.8 Å². The van der Waals surface area contributed by atoms with Crippen molar-refractivity contribution in [3.05, 3.63) is 63.4 Å². The van der Waals surface area contributed by atoms with Gasteiger partial charge in [-0.15, -0.1) is 0 Å². The van der Waals surface area contributed by atoms with Gasteiger partial charge in [0.2, 0.25) is 0 Å². The minimum absolute atomic E-state index is 0.123. The predicted molar refractivity (Wildman–Crippen MR) is 80.9 cm³/mol. The van der Waals surface area contributed by atoms with Crippen LogP contribution in [0.5, 0.6) is 0 Å². The minimum atomic E-state index is -0.349. The largest absolute Gasteiger partial charge is 0.399 e. The first-order chi connectivity index (χ1) is 9.47. The average molecular weight is 337 g/mol. The van der Waals surface area contributed by atoms with Gasteiger partial charge in [-0.1, -0.05) is 22.0 Å². The minimum Gasteiger partial charge on any atom is -0.399 e. The summed E-state index contributed by atoms with van der Waals surface area (Å²) in [6, 6.07) is 9.74. The van der Waals surface area contributed by atoms with Crippen LogP contribution in [0.1, 0.15) is 21.5 Å². The molecule has 0 atom stereocenters. The predicted octanol–water partition coefficient (Wildman–Crippen LogP) is 3.41. The fraction of sp³-hybridized carbons (Fsp3) is 0.133. The first-order valence-corrected chi connectivity index (χ1v) is 6.85. The average Bonchev–Trinajstić information content (AvgIpc) is 2.42. The molecule has 2 aromatic rings. The number of hydrogen-bond acceptors (Lipinski definition) is 2. The number of nitrogen functional groups attached to an aromatic ring is 1. The van der Waals surface area contributed by atoms with Crippen molar-refractivity contribution in [3.63, 3.8) is 0 Å². The molecule has 0 radical (unpaired) electrons. The maximum absolute atomic E-state index is 13.6. The molecule has 0 saturated carbocycles. The lowest BCUT2D eigenvalue weighted by Gasteiger charge is -2.09. The number of carbonyl (C=O) groups excluding carboxylic acids is 1. The second-order valence-electron chi connectivity index (χ2n) is 4.49. The van der Waals surface area contributed by atoms with E-state index in [0.29, 0.717) is 16.8 Å². The molecule has 0 aliphatic rings. The maximum atomic E-state index is 13.6. The Hall–Kier alpha value is -1.88. The SMILES string of the molecule is Cc1ccc(N)cc1C(=O)NCc1cc(Br)ccc1F. The van der Waals surface area contributed by atoms with Crippen LogP contribution in [0.4, 0.5) is 10.1 Å². The van der Waals surface area contributed by atoms with Gasteiger partial charge in [0, 0.05) is 27.8 Å². The van der Waals surface area contributed by atoms with E-state index in [1.54, 1.807) is 30.3 Å². The third kappa shape index (κ3) is 3.36.